The third kappa shape index (κ3) is 2.39. The summed E-state index contributed by atoms with van der Waals surface area (Å²) >= 11 is 3.29. The van der Waals surface area contributed by atoms with E-state index < -0.39 is 0 Å². The summed E-state index contributed by atoms with van der Waals surface area (Å²) in [5, 5.41) is 8.57. The fourth-order valence-electron chi connectivity index (χ4n) is 0.991. The summed E-state index contributed by atoms with van der Waals surface area (Å²) in [6, 6.07) is 3.08. The Balaban J connectivity index is 3.11. The molecule has 0 heterocycles. The monoisotopic (exact) mass is 244 g/mol. The summed E-state index contributed by atoms with van der Waals surface area (Å²) in [6.07, 6.45) is 3.36. The average Bonchev–Trinajstić information content (AvgIpc) is 2.13. The molecule has 0 aliphatic carbocycles. The van der Waals surface area contributed by atoms with Crippen LogP contribution in [-0.2, 0) is 0 Å². The van der Waals surface area contributed by atoms with E-state index in [1.165, 1.54) is 6.07 Å². The molecule has 1 aromatic carbocycles. The van der Waals surface area contributed by atoms with E-state index in [0.29, 0.717) is 5.56 Å². The van der Waals surface area contributed by atoms with Gasteiger partial charge in [0.2, 0.25) is 0 Å². The summed E-state index contributed by atoms with van der Waals surface area (Å²) in [5.41, 5.74) is 1.45. The van der Waals surface area contributed by atoms with Gasteiger partial charge < -0.3 is 5.11 Å². The van der Waals surface area contributed by atoms with Gasteiger partial charge in [0, 0.05) is 4.47 Å². The van der Waals surface area contributed by atoms with Crippen molar-refractivity contribution in [3.8, 4) is 0 Å². The number of benzene rings is 1. The van der Waals surface area contributed by atoms with Crippen molar-refractivity contribution in [2.24, 2.45) is 0 Å². The molecule has 3 heteroatoms. The second-order valence-electron chi connectivity index (χ2n) is 2.66. The first-order valence-electron chi connectivity index (χ1n) is 3.89. The molecule has 0 atom stereocenters. The van der Waals surface area contributed by atoms with Crippen LogP contribution in [0.5, 0.6) is 0 Å². The van der Waals surface area contributed by atoms with Crippen molar-refractivity contribution >= 4 is 22.0 Å². The zero-order chi connectivity index (χ0) is 9.84. The van der Waals surface area contributed by atoms with Crippen molar-refractivity contribution in [2.75, 3.05) is 6.61 Å². The Bertz CT molecular complexity index is 334. The van der Waals surface area contributed by atoms with Crippen LogP contribution in [0.3, 0.4) is 0 Å². The lowest BCUT2D eigenvalue weighted by Crippen LogP contribution is -1.87. The quantitative estimate of drug-likeness (QED) is 0.849. The molecule has 0 saturated heterocycles. The minimum atomic E-state index is -0.229. The van der Waals surface area contributed by atoms with Gasteiger partial charge in [0.1, 0.15) is 5.82 Å². The second-order valence-corrected chi connectivity index (χ2v) is 3.45. The standard InChI is InChI=1S/C10H10BrFO/c1-7-9(12)5-4-8(10(7)11)3-2-6-13/h2-5,13H,6H2,1H3/b3-2+. The smallest absolute Gasteiger partial charge is 0.127 e. The maximum absolute atomic E-state index is 13.0. The van der Waals surface area contributed by atoms with Crippen LogP contribution in [0.1, 0.15) is 11.1 Å². The summed E-state index contributed by atoms with van der Waals surface area (Å²) in [4.78, 5) is 0. The third-order valence-electron chi connectivity index (χ3n) is 1.75. The highest BCUT2D eigenvalue weighted by molar-refractivity contribution is 9.10. The molecular weight excluding hydrogens is 235 g/mol. The van der Waals surface area contributed by atoms with Crippen molar-refractivity contribution < 1.29 is 9.50 Å². The van der Waals surface area contributed by atoms with Crippen molar-refractivity contribution in [1.82, 2.24) is 0 Å². The molecule has 1 rings (SSSR count). The first-order chi connectivity index (χ1) is 6.16. The SMILES string of the molecule is Cc1c(F)ccc(/C=C/CO)c1Br. The lowest BCUT2D eigenvalue weighted by Gasteiger charge is -2.03. The highest BCUT2D eigenvalue weighted by atomic mass is 79.9. The van der Waals surface area contributed by atoms with Gasteiger partial charge in [-0.1, -0.05) is 18.2 Å². The highest BCUT2D eigenvalue weighted by Crippen LogP contribution is 2.24. The van der Waals surface area contributed by atoms with Crippen LogP contribution in [0.2, 0.25) is 0 Å². The van der Waals surface area contributed by atoms with Gasteiger partial charge in [-0.2, -0.15) is 0 Å². The number of aliphatic hydroxyl groups excluding tert-OH is 1. The summed E-state index contributed by atoms with van der Waals surface area (Å²) in [6.45, 7) is 1.69. The van der Waals surface area contributed by atoms with Crippen molar-refractivity contribution in [3.63, 3.8) is 0 Å². The maximum atomic E-state index is 13.0. The first kappa shape index (κ1) is 10.4. The normalized spacial score (nSPS) is 11.1. The average molecular weight is 245 g/mol. The zero-order valence-electron chi connectivity index (χ0n) is 7.22. The van der Waals surface area contributed by atoms with E-state index in [2.05, 4.69) is 15.9 Å². The third-order valence-corrected chi connectivity index (χ3v) is 2.81. The molecule has 0 amide bonds. The van der Waals surface area contributed by atoms with E-state index in [0.717, 1.165) is 10.0 Å². The van der Waals surface area contributed by atoms with Gasteiger partial charge in [0.15, 0.2) is 0 Å². The molecule has 0 fully saturated rings. The Kier molecular flexibility index (Phi) is 3.63. The largest absolute Gasteiger partial charge is 0.392 e. The van der Waals surface area contributed by atoms with Gasteiger partial charge in [-0.05, 0) is 40.0 Å². The molecule has 1 nitrogen and oxygen atoms in total. The van der Waals surface area contributed by atoms with Crippen LogP contribution < -0.4 is 0 Å². The Morgan fingerprint density at radius 3 is 2.85 bits per heavy atom. The van der Waals surface area contributed by atoms with Gasteiger partial charge >= 0.3 is 0 Å². The molecule has 0 bridgehead atoms. The zero-order valence-corrected chi connectivity index (χ0v) is 8.81. The molecule has 0 saturated carbocycles. The van der Waals surface area contributed by atoms with Crippen molar-refractivity contribution in [1.29, 1.82) is 0 Å². The molecule has 1 N–H and O–H groups in total. The minimum absolute atomic E-state index is 0.0110. The van der Waals surface area contributed by atoms with Crippen molar-refractivity contribution in [2.45, 2.75) is 6.92 Å². The fourth-order valence-corrected chi connectivity index (χ4v) is 1.44. The molecule has 0 radical (unpaired) electrons. The maximum Gasteiger partial charge on any atom is 0.127 e. The van der Waals surface area contributed by atoms with Gasteiger partial charge in [0.25, 0.3) is 0 Å². The second kappa shape index (κ2) is 4.53. The Hall–Kier alpha value is -0.670. The predicted octanol–water partition coefficient (Wildman–Crippen LogP) is 2.90. The molecule has 0 aromatic heterocycles. The van der Waals surface area contributed by atoms with Gasteiger partial charge in [-0.25, -0.2) is 4.39 Å². The van der Waals surface area contributed by atoms with E-state index >= 15 is 0 Å². The summed E-state index contributed by atoms with van der Waals surface area (Å²) in [5.74, 6) is -0.229. The fraction of sp³-hybridized carbons (Fsp3) is 0.200. The first-order valence-corrected chi connectivity index (χ1v) is 4.68. The number of halogens is 2. The number of hydrogen-bond donors (Lipinski definition) is 1. The topological polar surface area (TPSA) is 20.2 Å². The number of hydrogen-bond acceptors (Lipinski definition) is 1. The van der Waals surface area contributed by atoms with Gasteiger partial charge in [0.05, 0.1) is 6.61 Å². The molecule has 0 aliphatic heterocycles. The number of aliphatic hydroxyl groups is 1. The van der Waals surface area contributed by atoms with Crippen LogP contribution in [0.4, 0.5) is 4.39 Å². The Labute approximate surface area is 85.0 Å². The molecule has 0 aliphatic rings. The van der Waals surface area contributed by atoms with Crippen LogP contribution in [0.15, 0.2) is 22.7 Å². The van der Waals surface area contributed by atoms with E-state index in [1.54, 1.807) is 25.1 Å². The highest BCUT2D eigenvalue weighted by Gasteiger charge is 2.04. The predicted molar refractivity (Wildman–Crippen MR) is 55.0 cm³/mol. The lowest BCUT2D eigenvalue weighted by atomic mass is 10.1. The van der Waals surface area contributed by atoms with Crippen LogP contribution in [-0.4, -0.2) is 11.7 Å². The molecular formula is C10H10BrFO. The summed E-state index contributed by atoms with van der Waals surface area (Å²) in [7, 11) is 0. The van der Waals surface area contributed by atoms with E-state index in [9.17, 15) is 4.39 Å². The molecule has 70 valence electrons. The summed E-state index contributed by atoms with van der Waals surface area (Å²) < 4.78 is 13.7. The Morgan fingerprint density at radius 2 is 2.23 bits per heavy atom. The van der Waals surface area contributed by atoms with E-state index in [1.807, 2.05) is 0 Å². The lowest BCUT2D eigenvalue weighted by molar-refractivity contribution is 0.343. The van der Waals surface area contributed by atoms with Gasteiger partial charge in [-0.3, -0.25) is 0 Å². The van der Waals surface area contributed by atoms with Crippen molar-refractivity contribution in [3.05, 3.63) is 39.6 Å². The van der Waals surface area contributed by atoms with Crippen LogP contribution in [0, 0.1) is 12.7 Å². The van der Waals surface area contributed by atoms with Crippen LogP contribution in [0.25, 0.3) is 6.08 Å². The van der Waals surface area contributed by atoms with Crippen LogP contribution >= 0.6 is 15.9 Å². The van der Waals surface area contributed by atoms with E-state index in [-0.39, 0.29) is 12.4 Å². The van der Waals surface area contributed by atoms with Gasteiger partial charge in [-0.15, -0.1) is 0 Å². The minimum Gasteiger partial charge on any atom is -0.392 e. The molecule has 1 aromatic rings. The number of rotatable bonds is 2. The molecule has 0 spiro atoms. The Morgan fingerprint density at radius 1 is 1.54 bits per heavy atom. The molecule has 0 unspecified atom stereocenters. The van der Waals surface area contributed by atoms with E-state index in [4.69, 9.17) is 5.11 Å². The molecule has 13 heavy (non-hydrogen) atoms.